The third-order valence-electron chi connectivity index (χ3n) is 3.31. The number of aromatic amines is 1. The minimum atomic E-state index is 0.446. The van der Waals surface area contributed by atoms with E-state index in [2.05, 4.69) is 48.3 Å². The van der Waals surface area contributed by atoms with Crippen LogP contribution in [0.3, 0.4) is 0 Å². The van der Waals surface area contributed by atoms with Crippen molar-refractivity contribution in [3.05, 3.63) is 27.7 Å². The Hall–Kier alpha value is -1.11. The zero-order valence-corrected chi connectivity index (χ0v) is 13.4. The number of hydrogen-bond donors (Lipinski definition) is 2. The van der Waals surface area contributed by atoms with Crippen molar-refractivity contribution in [2.24, 2.45) is 0 Å². The molecule has 5 nitrogen and oxygen atoms in total. The van der Waals surface area contributed by atoms with E-state index in [1.807, 2.05) is 18.2 Å². The standard InChI is InChI=1S/C13H15BrClN5/c1-8-7-20(5-4-16-8)13-17-12(18-19-13)10-3-2-9(14)6-11(10)15/h2-3,6,8,16H,4-5,7H2,1H3,(H,17,18,19). The van der Waals surface area contributed by atoms with Crippen molar-refractivity contribution in [3.63, 3.8) is 0 Å². The van der Waals surface area contributed by atoms with Gasteiger partial charge in [0.15, 0.2) is 5.82 Å². The van der Waals surface area contributed by atoms with Crippen LogP contribution in [0.1, 0.15) is 6.92 Å². The minimum Gasteiger partial charge on any atom is -0.337 e. The van der Waals surface area contributed by atoms with E-state index in [9.17, 15) is 0 Å². The molecule has 0 bridgehead atoms. The quantitative estimate of drug-likeness (QED) is 0.868. The van der Waals surface area contributed by atoms with Crippen LogP contribution < -0.4 is 10.2 Å². The van der Waals surface area contributed by atoms with E-state index in [1.54, 1.807) is 0 Å². The van der Waals surface area contributed by atoms with Gasteiger partial charge in [0.05, 0.1) is 5.02 Å². The number of piperazine rings is 1. The molecular formula is C13H15BrClN5. The average molecular weight is 357 g/mol. The molecule has 2 heterocycles. The lowest BCUT2D eigenvalue weighted by atomic mass is 10.2. The maximum absolute atomic E-state index is 6.24. The van der Waals surface area contributed by atoms with Crippen molar-refractivity contribution in [1.82, 2.24) is 20.5 Å². The lowest BCUT2D eigenvalue weighted by Crippen LogP contribution is -2.49. The number of anilines is 1. The summed E-state index contributed by atoms with van der Waals surface area (Å²) < 4.78 is 0.946. The fraction of sp³-hybridized carbons (Fsp3) is 0.385. The summed E-state index contributed by atoms with van der Waals surface area (Å²) in [5, 5.41) is 11.3. The SMILES string of the molecule is CC1CN(c2n[nH]c(-c3ccc(Br)cc3Cl)n2)CCN1. The molecule has 1 aliphatic rings. The molecule has 1 atom stereocenters. The highest BCUT2D eigenvalue weighted by atomic mass is 79.9. The molecular weight excluding hydrogens is 342 g/mol. The van der Waals surface area contributed by atoms with Gasteiger partial charge in [0.25, 0.3) is 0 Å². The largest absolute Gasteiger partial charge is 0.337 e. The maximum atomic E-state index is 6.24. The molecule has 1 saturated heterocycles. The number of aromatic nitrogens is 3. The van der Waals surface area contributed by atoms with E-state index in [1.165, 1.54) is 0 Å². The molecule has 0 saturated carbocycles. The fourth-order valence-electron chi connectivity index (χ4n) is 2.31. The zero-order chi connectivity index (χ0) is 14.1. The Morgan fingerprint density at radius 1 is 1.45 bits per heavy atom. The van der Waals surface area contributed by atoms with Crippen molar-refractivity contribution in [2.45, 2.75) is 13.0 Å². The first kappa shape index (κ1) is 13.9. The highest BCUT2D eigenvalue weighted by Gasteiger charge is 2.20. The summed E-state index contributed by atoms with van der Waals surface area (Å²) in [6, 6.07) is 6.17. The summed E-state index contributed by atoms with van der Waals surface area (Å²) in [6.45, 7) is 4.93. The van der Waals surface area contributed by atoms with Crippen LogP contribution in [0.25, 0.3) is 11.4 Å². The van der Waals surface area contributed by atoms with Crippen molar-refractivity contribution < 1.29 is 0 Å². The number of benzene rings is 1. The molecule has 2 N–H and O–H groups in total. The number of hydrogen-bond acceptors (Lipinski definition) is 4. The summed E-state index contributed by atoms with van der Waals surface area (Å²) >= 11 is 9.64. The van der Waals surface area contributed by atoms with E-state index < -0.39 is 0 Å². The average Bonchev–Trinajstić information content (AvgIpc) is 2.88. The molecule has 0 aliphatic carbocycles. The van der Waals surface area contributed by atoms with Crippen LogP contribution in [-0.2, 0) is 0 Å². The number of nitrogens with one attached hydrogen (secondary N) is 2. The first-order valence-corrected chi connectivity index (χ1v) is 7.67. The van der Waals surface area contributed by atoms with Crippen molar-refractivity contribution in [3.8, 4) is 11.4 Å². The van der Waals surface area contributed by atoms with Crippen LogP contribution in [0.4, 0.5) is 5.95 Å². The normalized spacial score (nSPS) is 19.4. The first-order chi connectivity index (χ1) is 9.63. The summed E-state index contributed by atoms with van der Waals surface area (Å²) in [5.41, 5.74) is 0.858. The molecule has 2 aromatic rings. The molecule has 0 radical (unpaired) electrons. The number of H-pyrrole nitrogens is 1. The van der Waals surface area contributed by atoms with E-state index >= 15 is 0 Å². The second-order valence-electron chi connectivity index (χ2n) is 4.91. The summed E-state index contributed by atoms with van der Waals surface area (Å²) in [5.74, 6) is 1.43. The van der Waals surface area contributed by atoms with E-state index in [0.29, 0.717) is 16.9 Å². The Bertz CT molecular complexity index is 615. The maximum Gasteiger partial charge on any atom is 0.245 e. The zero-order valence-electron chi connectivity index (χ0n) is 11.0. The lowest BCUT2D eigenvalue weighted by molar-refractivity contribution is 0.480. The molecule has 1 fully saturated rings. The highest BCUT2D eigenvalue weighted by molar-refractivity contribution is 9.10. The Labute approximate surface area is 130 Å². The number of rotatable bonds is 2. The second kappa shape index (κ2) is 5.71. The summed E-state index contributed by atoms with van der Waals surface area (Å²) in [7, 11) is 0. The van der Waals surface area contributed by atoms with Gasteiger partial charge in [0.1, 0.15) is 0 Å². The van der Waals surface area contributed by atoms with Gasteiger partial charge in [-0.05, 0) is 25.1 Å². The molecule has 106 valence electrons. The molecule has 1 aromatic carbocycles. The Morgan fingerprint density at radius 3 is 3.05 bits per heavy atom. The van der Waals surface area contributed by atoms with Crippen LogP contribution >= 0.6 is 27.5 Å². The molecule has 1 aliphatic heterocycles. The van der Waals surface area contributed by atoms with Gasteiger partial charge in [0.2, 0.25) is 5.95 Å². The molecule has 1 aromatic heterocycles. The number of halogens is 2. The van der Waals surface area contributed by atoms with Gasteiger partial charge in [-0.15, -0.1) is 5.10 Å². The topological polar surface area (TPSA) is 56.8 Å². The van der Waals surface area contributed by atoms with Gasteiger partial charge in [-0.25, -0.2) is 0 Å². The minimum absolute atomic E-state index is 0.446. The van der Waals surface area contributed by atoms with Gasteiger partial charge in [0, 0.05) is 35.7 Å². The second-order valence-corrected chi connectivity index (χ2v) is 6.23. The predicted molar refractivity (Wildman–Crippen MR) is 84.2 cm³/mol. The van der Waals surface area contributed by atoms with Crippen LogP contribution in [0.15, 0.2) is 22.7 Å². The Balaban J connectivity index is 1.86. The van der Waals surface area contributed by atoms with Gasteiger partial charge in [-0.3, -0.25) is 5.10 Å². The Morgan fingerprint density at radius 2 is 2.30 bits per heavy atom. The van der Waals surface area contributed by atoms with Gasteiger partial charge >= 0.3 is 0 Å². The molecule has 1 unspecified atom stereocenters. The van der Waals surface area contributed by atoms with Crippen LogP contribution in [-0.4, -0.2) is 40.9 Å². The van der Waals surface area contributed by atoms with Gasteiger partial charge < -0.3 is 10.2 Å². The molecule has 7 heteroatoms. The molecule has 20 heavy (non-hydrogen) atoms. The number of nitrogens with zero attached hydrogens (tertiary/aromatic N) is 3. The summed E-state index contributed by atoms with van der Waals surface area (Å²) in [6.07, 6.45) is 0. The smallest absolute Gasteiger partial charge is 0.245 e. The van der Waals surface area contributed by atoms with E-state index in [-0.39, 0.29) is 0 Å². The lowest BCUT2D eigenvalue weighted by Gasteiger charge is -2.30. The monoisotopic (exact) mass is 355 g/mol. The van der Waals surface area contributed by atoms with Gasteiger partial charge in [-0.2, -0.15) is 4.98 Å². The predicted octanol–water partition coefficient (Wildman–Crippen LogP) is 2.69. The third kappa shape index (κ3) is 2.82. The first-order valence-electron chi connectivity index (χ1n) is 6.49. The van der Waals surface area contributed by atoms with Crippen LogP contribution in [0.5, 0.6) is 0 Å². The Kier molecular flexibility index (Phi) is 3.96. The molecule has 0 amide bonds. The van der Waals surface area contributed by atoms with Crippen molar-refractivity contribution in [2.75, 3.05) is 24.5 Å². The third-order valence-corrected chi connectivity index (χ3v) is 4.12. The fourth-order valence-corrected chi connectivity index (χ4v) is 3.07. The molecule has 0 spiro atoms. The summed E-state index contributed by atoms with van der Waals surface area (Å²) in [4.78, 5) is 6.74. The van der Waals surface area contributed by atoms with Crippen molar-refractivity contribution >= 4 is 33.5 Å². The van der Waals surface area contributed by atoms with E-state index in [0.717, 1.165) is 35.6 Å². The van der Waals surface area contributed by atoms with E-state index in [4.69, 9.17) is 11.6 Å². The van der Waals surface area contributed by atoms with Crippen LogP contribution in [0, 0.1) is 0 Å². The van der Waals surface area contributed by atoms with Crippen molar-refractivity contribution in [1.29, 1.82) is 0 Å². The molecule has 3 rings (SSSR count). The van der Waals surface area contributed by atoms with Gasteiger partial charge in [-0.1, -0.05) is 27.5 Å². The highest BCUT2D eigenvalue weighted by Crippen LogP contribution is 2.29. The van der Waals surface area contributed by atoms with Crippen LogP contribution in [0.2, 0.25) is 5.02 Å².